The minimum Gasteiger partial charge on any atom is -0.316 e. The Kier molecular flexibility index (Phi) is 6.72. The molecule has 3 rings (SSSR count). The fraction of sp³-hybridized carbons (Fsp3) is 0.476. The highest BCUT2D eigenvalue weighted by Gasteiger charge is 2.20. The number of carbonyl (C=O) groups is 1. The first-order chi connectivity index (χ1) is 13.1. The molecule has 0 atom stereocenters. The summed E-state index contributed by atoms with van der Waals surface area (Å²) in [5.41, 5.74) is 3.45. The third-order valence-electron chi connectivity index (χ3n) is 4.83. The van der Waals surface area contributed by atoms with Crippen molar-refractivity contribution in [2.45, 2.75) is 51.1 Å². The van der Waals surface area contributed by atoms with Crippen molar-refractivity contribution in [3.63, 3.8) is 0 Å². The maximum atomic E-state index is 12.8. The van der Waals surface area contributed by atoms with Crippen LogP contribution in [0.3, 0.4) is 0 Å². The van der Waals surface area contributed by atoms with Crippen molar-refractivity contribution in [2.24, 2.45) is 7.05 Å². The standard InChI is InChI=1S/C21H28N4OS/c1-4-14-25(18-8-6-5-7-9-18)19(26)15-27-21-23-22-20(24(21)3)17-12-10-16(2)11-13-17/h8,10-13H,4-7,9,14-15H2,1-3H3. The molecule has 0 saturated heterocycles. The zero-order valence-electron chi connectivity index (χ0n) is 16.4. The molecule has 0 saturated carbocycles. The molecule has 1 aliphatic carbocycles. The van der Waals surface area contributed by atoms with Crippen LogP contribution in [-0.2, 0) is 11.8 Å². The van der Waals surface area contributed by atoms with Gasteiger partial charge in [-0.25, -0.2) is 0 Å². The summed E-state index contributed by atoms with van der Waals surface area (Å²) in [5, 5.41) is 9.39. The van der Waals surface area contributed by atoms with Gasteiger partial charge in [-0.1, -0.05) is 54.6 Å². The predicted molar refractivity (Wildman–Crippen MR) is 110 cm³/mol. The molecule has 0 radical (unpaired) electrons. The van der Waals surface area contributed by atoms with E-state index in [1.165, 1.54) is 35.9 Å². The van der Waals surface area contributed by atoms with Crippen LogP contribution < -0.4 is 0 Å². The Bertz CT molecular complexity index is 810. The molecule has 1 amide bonds. The minimum atomic E-state index is 0.162. The van der Waals surface area contributed by atoms with E-state index in [-0.39, 0.29) is 5.91 Å². The summed E-state index contributed by atoms with van der Waals surface area (Å²) in [4.78, 5) is 14.8. The van der Waals surface area contributed by atoms with Gasteiger partial charge in [0.2, 0.25) is 5.91 Å². The Balaban J connectivity index is 1.67. The van der Waals surface area contributed by atoms with E-state index in [1.54, 1.807) is 0 Å². The van der Waals surface area contributed by atoms with Gasteiger partial charge < -0.3 is 9.47 Å². The number of carbonyl (C=O) groups excluding carboxylic acids is 1. The third kappa shape index (κ3) is 4.80. The fourth-order valence-corrected chi connectivity index (χ4v) is 4.10. The Morgan fingerprint density at radius 2 is 2.00 bits per heavy atom. The summed E-state index contributed by atoms with van der Waals surface area (Å²) in [6.07, 6.45) is 7.70. The quantitative estimate of drug-likeness (QED) is 0.656. The predicted octanol–water partition coefficient (Wildman–Crippen LogP) is 4.58. The van der Waals surface area contributed by atoms with Crippen molar-refractivity contribution < 1.29 is 4.79 Å². The van der Waals surface area contributed by atoms with E-state index < -0.39 is 0 Å². The maximum Gasteiger partial charge on any atom is 0.237 e. The highest BCUT2D eigenvalue weighted by molar-refractivity contribution is 7.99. The van der Waals surface area contributed by atoms with E-state index in [0.29, 0.717) is 5.75 Å². The van der Waals surface area contributed by atoms with E-state index in [2.05, 4.69) is 54.4 Å². The lowest BCUT2D eigenvalue weighted by Gasteiger charge is -2.27. The number of benzene rings is 1. The van der Waals surface area contributed by atoms with E-state index in [1.807, 2.05) is 16.5 Å². The average Bonchev–Trinajstić information content (AvgIpc) is 3.06. The molecule has 1 aromatic carbocycles. The van der Waals surface area contributed by atoms with Gasteiger partial charge in [0.05, 0.1) is 5.75 Å². The molecular formula is C21H28N4OS. The van der Waals surface area contributed by atoms with Crippen LogP contribution in [0.5, 0.6) is 0 Å². The molecule has 0 N–H and O–H groups in total. The molecule has 6 heteroatoms. The minimum absolute atomic E-state index is 0.162. The van der Waals surface area contributed by atoms with Gasteiger partial charge in [-0.2, -0.15) is 0 Å². The number of aromatic nitrogens is 3. The van der Waals surface area contributed by atoms with Gasteiger partial charge in [-0.05, 0) is 39.0 Å². The number of aryl methyl sites for hydroxylation is 1. The van der Waals surface area contributed by atoms with Crippen LogP contribution >= 0.6 is 11.8 Å². The normalized spacial score (nSPS) is 14.1. The number of allylic oxidation sites excluding steroid dienone is 2. The van der Waals surface area contributed by atoms with Crippen LogP contribution in [0, 0.1) is 6.92 Å². The number of hydrogen-bond acceptors (Lipinski definition) is 4. The van der Waals surface area contributed by atoms with Crippen molar-refractivity contribution in [3.05, 3.63) is 41.6 Å². The number of amides is 1. The third-order valence-corrected chi connectivity index (χ3v) is 5.84. The second-order valence-electron chi connectivity index (χ2n) is 7.01. The summed E-state index contributed by atoms with van der Waals surface area (Å²) in [7, 11) is 1.95. The van der Waals surface area contributed by atoms with Crippen LogP contribution in [0.25, 0.3) is 11.4 Å². The number of nitrogens with zero attached hydrogens (tertiary/aromatic N) is 4. The van der Waals surface area contributed by atoms with Crippen molar-refractivity contribution in [1.29, 1.82) is 0 Å². The van der Waals surface area contributed by atoms with Crippen molar-refractivity contribution >= 4 is 17.7 Å². The maximum absolute atomic E-state index is 12.8. The molecular weight excluding hydrogens is 356 g/mol. The second-order valence-corrected chi connectivity index (χ2v) is 7.95. The molecule has 0 aliphatic heterocycles. The fourth-order valence-electron chi connectivity index (χ4n) is 3.32. The topological polar surface area (TPSA) is 51.0 Å². The van der Waals surface area contributed by atoms with Crippen molar-refractivity contribution in [2.75, 3.05) is 12.3 Å². The van der Waals surface area contributed by atoms with Gasteiger partial charge >= 0.3 is 0 Å². The van der Waals surface area contributed by atoms with Gasteiger partial charge in [0.25, 0.3) is 0 Å². The molecule has 1 aromatic heterocycles. The Morgan fingerprint density at radius 1 is 1.22 bits per heavy atom. The number of rotatable bonds is 7. The molecule has 5 nitrogen and oxygen atoms in total. The Morgan fingerprint density at radius 3 is 2.67 bits per heavy atom. The monoisotopic (exact) mass is 384 g/mol. The van der Waals surface area contributed by atoms with Crippen molar-refractivity contribution in [3.8, 4) is 11.4 Å². The van der Waals surface area contributed by atoms with E-state index in [4.69, 9.17) is 0 Å². The van der Waals surface area contributed by atoms with Crippen LogP contribution in [0.15, 0.2) is 41.2 Å². The van der Waals surface area contributed by atoms with Gasteiger partial charge in [-0.15, -0.1) is 10.2 Å². The van der Waals surface area contributed by atoms with Crippen LogP contribution in [0.4, 0.5) is 0 Å². The van der Waals surface area contributed by atoms with Gasteiger partial charge in [0, 0.05) is 24.9 Å². The first-order valence-electron chi connectivity index (χ1n) is 9.68. The molecule has 27 heavy (non-hydrogen) atoms. The zero-order valence-corrected chi connectivity index (χ0v) is 17.3. The van der Waals surface area contributed by atoms with Crippen LogP contribution in [0.2, 0.25) is 0 Å². The zero-order chi connectivity index (χ0) is 19.2. The van der Waals surface area contributed by atoms with E-state index >= 15 is 0 Å². The van der Waals surface area contributed by atoms with Crippen molar-refractivity contribution in [1.82, 2.24) is 19.7 Å². The summed E-state index contributed by atoms with van der Waals surface area (Å²) < 4.78 is 1.96. The lowest BCUT2D eigenvalue weighted by atomic mass is 10.0. The van der Waals surface area contributed by atoms with Gasteiger partial charge in [0.15, 0.2) is 11.0 Å². The summed E-state index contributed by atoms with van der Waals surface area (Å²) >= 11 is 1.46. The first-order valence-corrected chi connectivity index (χ1v) is 10.7. The first kappa shape index (κ1) is 19.7. The van der Waals surface area contributed by atoms with Gasteiger partial charge in [0.1, 0.15) is 0 Å². The summed E-state index contributed by atoms with van der Waals surface area (Å²) in [6, 6.07) is 8.25. The lowest BCUT2D eigenvalue weighted by molar-refractivity contribution is -0.126. The molecule has 2 aromatic rings. The summed E-state index contributed by atoms with van der Waals surface area (Å²) in [5.74, 6) is 1.37. The Hall–Kier alpha value is -2.08. The highest BCUT2D eigenvalue weighted by Crippen LogP contribution is 2.25. The second kappa shape index (κ2) is 9.22. The van der Waals surface area contributed by atoms with Gasteiger partial charge in [-0.3, -0.25) is 4.79 Å². The van der Waals surface area contributed by atoms with E-state index in [0.717, 1.165) is 42.4 Å². The highest BCUT2D eigenvalue weighted by atomic mass is 32.2. The van der Waals surface area contributed by atoms with Crippen LogP contribution in [-0.4, -0.2) is 37.9 Å². The van der Waals surface area contributed by atoms with Crippen LogP contribution in [0.1, 0.15) is 44.6 Å². The average molecular weight is 385 g/mol. The summed E-state index contributed by atoms with van der Waals surface area (Å²) in [6.45, 7) is 4.98. The number of hydrogen-bond donors (Lipinski definition) is 0. The molecule has 1 aliphatic rings. The van der Waals surface area contributed by atoms with E-state index in [9.17, 15) is 4.79 Å². The molecule has 0 spiro atoms. The molecule has 144 valence electrons. The SMILES string of the molecule is CCCN(C(=O)CSc1nnc(-c2ccc(C)cc2)n1C)C1=CCCCC1. The molecule has 0 fully saturated rings. The largest absolute Gasteiger partial charge is 0.316 e. The molecule has 0 unspecified atom stereocenters. The molecule has 0 bridgehead atoms. The lowest BCUT2D eigenvalue weighted by Crippen LogP contribution is -2.33. The smallest absolute Gasteiger partial charge is 0.237 e. The number of thioether (sulfide) groups is 1. The molecule has 1 heterocycles. The Labute approximate surface area is 165 Å².